The lowest BCUT2D eigenvalue weighted by Crippen LogP contribution is -2.27. The molecule has 20 heavy (non-hydrogen) atoms. The third kappa shape index (κ3) is 7.11. The molecule has 0 fully saturated rings. The number of rotatable bonds is 9. The van der Waals surface area contributed by atoms with E-state index in [0.29, 0.717) is 25.7 Å². The fourth-order valence-corrected chi connectivity index (χ4v) is 1.57. The Morgan fingerprint density at radius 1 is 1.20 bits per heavy atom. The van der Waals surface area contributed by atoms with Gasteiger partial charge in [-0.3, -0.25) is 4.79 Å². The van der Waals surface area contributed by atoms with Gasteiger partial charge < -0.3 is 20.1 Å². The lowest BCUT2D eigenvalue weighted by molar-refractivity contribution is -0.117. The Morgan fingerprint density at radius 2 is 1.90 bits per heavy atom. The zero-order chi connectivity index (χ0) is 14.8. The monoisotopic (exact) mass is 280 g/mol. The molecule has 5 heteroatoms. The second kappa shape index (κ2) is 9.34. The van der Waals surface area contributed by atoms with Gasteiger partial charge in [-0.1, -0.05) is 13.8 Å². The molecule has 0 radical (unpaired) electrons. The van der Waals surface area contributed by atoms with Crippen molar-refractivity contribution in [1.82, 2.24) is 5.32 Å². The number of carbonyl (C=O) groups is 1. The van der Waals surface area contributed by atoms with Crippen molar-refractivity contribution < 1.29 is 14.3 Å². The first-order valence-electron chi connectivity index (χ1n) is 6.87. The van der Waals surface area contributed by atoms with E-state index in [9.17, 15) is 4.79 Å². The van der Waals surface area contributed by atoms with Crippen LogP contribution in [-0.2, 0) is 9.53 Å². The highest BCUT2D eigenvalue weighted by molar-refractivity contribution is 5.90. The summed E-state index contributed by atoms with van der Waals surface area (Å²) in [6, 6.07) is 7.82. The number of carbonyl (C=O) groups excluding carboxylic acids is 1. The summed E-state index contributed by atoms with van der Waals surface area (Å²) in [4.78, 5) is 11.5. The first-order valence-corrected chi connectivity index (χ1v) is 6.87. The predicted octanol–water partition coefficient (Wildman–Crippen LogP) is 2.04. The topological polar surface area (TPSA) is 59.6 Å². The second-order valence-corrected chi connectivity index (χ2v) is 4.77. The van der Waals surface area contributed by atoms with Crippen molar-refractivity contribution in [2.45, 2.75) is 26.3 Å². The molecule has 1 amide bonds. The molecule has 0 saturated heterocycles. The average Bonchev–Trinajstić information content (AvgIpc) is 2.43. The summed E-state index contributed by atoms with van der Waals surface area (Å²) in [6.07, 6.45) is 0.357. The van der Waals surface area contributed by atoms with Gasteiger partial charge in [0.05, 0.1) is 13.0 Å². The summed E-state index contributed by atoms with van der Waals surface area (Å²) in [5.74, 6) is 0.743. The van der Waals surface area contributed by atoms with Crippen LogP contribution in [0.25, 0.3) is 0 Å². The summed E-state index contributed by atoms with van der Waals surface area (Å²) in [7, 11) is 1.58. The van der Waals surface area contributed by atoms with Gasteiger partial charge in [0.15, 0.2) is 0 Å². The number of anilines is 1. The largest absolute Gasteiger partial charge is 0.492 e. The SMILES string of the molecule is COCCC(=O)Nc1ccc(OCCNC(C)C)cc1. The normalized spacial score (nSPS) is 10.6. The molecule has 0 spiro atoms. The Labute approximate surface area is 120 Å². The maximum Gasteiger partial charge on any atom is 0.226 e. The molecule has 1 rings (SSSR count). The van der Waals surface area contributed by atoms with E-state index in [1.54, 1.807) is 7.11 Å². The highest BCUT2D eigenvalue weighted by atomic mass is 16.5. The molecule has 0 bridgehead atoms. The molecule has 0 aliphatic heterocycles. The van der Waals surface area contributed by atoms with Gasteiger partial charge in [0, 0.05) is 25.4 Å². The number of ether oxygens (including phenoxy) is 2. The zero-order valence-corrected chi connectivity index (χ0v) is 12.4. The smallest absolute Gasteiger partial charge is 0.226 e. The number of amides is 1. The Bertz CT molecular complexity index is 391. The van der Waals surface area contributed by atoms with Crippen molar-refractivity contribution in [2.75, 3.05) is 32.2 Å². The molecule has 0 aliphatic rings. The third-order valence-electron chi connectivity index (χ3n) is 2.59. The van der Waals surface area contributed by atoms with Crippen LogP contribution in [-0.4, -0.2) is 38.8 Å². The van der Waals surface area contributed by atoms with Crippen LogP contribution in [0.2, 0.25) is 0 Å². The van der Waals surface area contributed by atoms with Crippen molar-refractivity contribution >= 4 is 11.6 Å². The molecule has 112 valence electrons. The van der Waals surface area contributed by atoms with Crippen LogP contribution < -0.4 is 15.4 Å². The lowest BCUT2D eigenvalue weighted by Gasteiger charge is -2.10. The predicted molar refractivity (Wildman–Crippen MR) is 80.2 cm³/mol. The van der Waals surface area contributed by atoms with Crippen LogP contribution in [0.3, 0.4) is 0 Å². The molecule has 0 atom stereocenters. The van der Waals surface area contributed by atoms with Crippen LogP contribution in [0.1, 0.15) is 20.3 Å². The summed E-state index contributed by atoms with van der Waals surface area (Å²) >= 11 is 0. The van der Waals surface area contributed by atoms with Gasteiger partial charge >= 0.3 is 0 Å². The van der Waals surface area contributed by atoms with Crippen molar-refractivity contribution in [2.24, 2.45) is 0 Å². The summed E-state index contributed by atoms with van der Waals surface area (Å²) in [6.45, 7) is 6.06. The van der Waals surface area contributed by atoms with Gasteiger partial charge in [-0.25, -0.2) is 0 Å². The van der Waals surface area contributed by atoms with E-state index in [1.807, 2.05) is 24.3 Å². The van der Waals surface area contributed by atoms with Crippen LogP contribution in [0.4, 0.5) is 5.69 Å². The van der Waals surface area contributed by atoms with Crippen molar-refractivity contribution in [1.29, 1.82) is 0 Å². The van der Waals surface area contributed by atoms with Gasteiger partial charge in [0.2, 0.25) is 5.91 Å². The summed E-state index contributed by atoms with van der Waals surface area (Å²) in [5, 5.41) is 6.08. The zero-order valence-electron chi connectivity index (χ0n) is 12.4. The standard InChI is InChI=1S/C15H24N2O3/c1-12(2)16-9-11-20-14-6-4-13(5-7-14)17-15(18)8-10-19-3/h4-7,12,16H,8-11H2,1-3H3,(H,17,18). The average molecular weight is 280 g/mol. The molecule has 1 aromatic rings. The van der Waals surface area contributed by atoms with Crippen molar-refractivity contribution in [3.8, 4) is 5.75 Å². The summed E-state index contributed by atoms with van der Waals surface area (Å²) < 4.78 is 10.4. The Kier molecular flexibility index (Phi) is 7.69. The van der Waals surface area contributed by atoms with E-state index >= 15 is 0 Å². The highest BCUT2D eigenvalue weighted by Gasteiger charge is 2.02. The van der Waals surface area contributed by atoms with Crippen LogP contribution in [0.15, 0.2) is 24.3 Å². The van der Waals surface area contributed by atoms with E-state index in [-0.39, 0.29) is 5.91 Å². The molecule has 2 N–H and O–H groups in total. The molecule has 1 aromatic carbocycles. The van der Waals surface area contributed by atoms with Crippen molar-refractivity contribution in [3.63, 3.8) is 0 Å². The van der Waals surface area contributed by atoms with Crippen LogP contribution in [0.5, 0.6) is 5.75 Å². The number of benzene rings is 1. The third-order valence-corrected chi connectivity index (χ3v) is 2.59. The molecule has 0 aromatic heterocycles. The van der Waals surface area contributed by atoms with E-state index < -0.39 is 0 Å². The van der Waals surface area contributed by atoms with E-state index in [4.69, 9.17) is 9.47 Å². The van der Waals surface area contributed by atoms with Gasteiger partial charge in [-0.2, -0.15) is 0 Å². The molecule has 0 unspecified atom stereocenters. The maximum absolute atomic E-state index is 11.5. The molecular formula is C15H24N2O3. The Hall–Kier alpha value is -1.59. The van der Waals surface area contributed by atoms with Gasteiger partial charge in [0.1, 0.15) is 12.4 Å². The minimum atomic E-state index is -0.0540. The molecule has 0 saturated carbocycles. The number of methoxy groups -OCH3 is 1. The summed E-state index contributed by atoms with van der Waals surface area (Å²) in [5.41, 5.74) is 0.763. The minimum Gasteiger partial charge on any atom is -0.492 e. The van der Waals surface area contributed by atoms with E-state index in [0.717, 1.165) is 18.0 Å². The quantitative estimate of drug-likeness (QED) is 0.680. The minimum absolute atomic E-state index is 0.0540. The van der Waals surface area contributed by atoms with E-state index in [2.05, 4.69) is 24.5 Å². The number of hydrogen-bond donors (Lipinski definition) is 2. The van der Waals surface area contributed by atoms with Crippen LogP contribution in [0, 0.1) is 0 Å². The Balaban J connectivity index is 2.31. The lowest BCUT2D eigenvalue weighted by atomic mass is 10.3. The fraction of sp³-hybridized carbons (Fsp3) is 0.533. The molecule has 5 nitrogen and oxygen atoms in total. The number of nitrogens with one attached hydrogen (secondary N) is 2. The molecule has 0 aliphatic carbocycles. The van der Waals surface area contributed by atoms with Gasteiger partial charge in [-0.15, -0.1) is 0 Å². The van der Waals surface area contributed by atoms with Crippen molar-refractivity contribution in [3.05, 3.63) is 24.3 Å². The second-order valence-electron chi connectivity index (χ2n) is 4.77. The van der Waals surface area contributed by atoms with Gasteiger partial charge in [-0.05, 0) is 24.3 Å². The van der Waals surface area contributed by atoms with E-state index in [1.165, 1.54) is 0 Å². The number of hydrogen-bond acceptors (Lipinski definition) is 4. The molecule has 0 heterocycles. The first kappa shape index (κ1) is 16.5. The first-order chi connectivity index (χ1) is 9.61. The van der Waals surface area contributed by atoms with Crippen LogP contribution >= 0.6 is 0 Å². The Morgan fingerprint density at radius 3 is 2.50 bits per heavy atom. The fourth-order valence-electron chi connectivity index (χ4n) is 1.57. The van der Waals surface area contributed by atoms with Gasteiger partial charge in [0.25, 0.3) is 0 Å². The molecular weight excluding hydrogens is 256 g/mol. The maximum atomic E-state index is 11.5. The highest BCUT2D eigenvalue weighted by Crippen LogP contribution is 2.15.